The zero-order chi connectivity index (χ0) is 20.4. The van der Waals surface area contributed by atoms with E-state index in [4.69, 9.17) is 4.98 Å². The van der Waals surface area contributed by atoms with Gasteiger partial charge in [0.15, 0.2) is 0 Å². The number of nitrogens with one attached hydrogen (secondary N) is 1. The van der Waals surface area contributed by atoms with Gasteiger partial charge in [-0.25, -0.2) is 4.98 Å². The number of piperidine rings is 2. The van der Waals surface area contributed by atoms with Gasteiger partial charge in [-0.1, -0.05) is 19.1 Å². The van der Waals surface area contributed by atoms with Crippen LogP contribution in [0.15, 0.2) is 24.3 Å². The van der Waals surface area contributed by atoms with Crippen molar-refractivity contribution in [3.63, 3.8) is 0 Å². The van der Waals surface area contributed by atoms with Crippen LogP contribution in [0.25, 0.3) is 11.0 Å². The van der Waals surface area contributed by atoms with Crippen molar-refractivity contribution in [3.8, 4) is 0 Å². The third-order valence-electron chi connectivity index (χ3n) is 6.96. The molecule has 5 heteroatoms. The lowest BCUT2D eigenvalue weighted by atomic mass is 9.83. The van der Waals surface area contributed by atoms with E-state index in [9.17, 15) is 4.79 Å². The monoisotopic (exact) mass is 396 g/mol. The number of amides is 1. The maximum atomic E-state index is 13.1. The molecule has 2 aliphatic rings. The standard InChI is InChI=1S/C24H36N4O/c1-17(2)28-22-9-5-4-8-21(22)26-24(28)20-7-6-14-27(16-20)23(29)15-18(3)19-10-12-25-13-11-19/h4-5,8-9,17-20,25H,6-7,10-16H2,1-3H3. The number of rotatable bonds is 5. The highest BCUT2D eigenvalue weighted by Crippen LogP contribution is 2.32. The van der Waals surface area contributed by atoms with Gasteiger partial charge in [-0.05, 0) is 76.6 Å². The summed E-state index contributed by atoms with van der Waals surface area (Å²) in [6.07, 6.45) is 5.28. The van der Waals surface area contributed by atoms with E-state index in [2.05, 4.69) is 59.8 Å². The van der Waals surface area contributed by atoms with Crippen molar-refractivity contribution in [2.24, 2.45) is 11.8 Å². The van der Waals surface area contributed by atoms with Crippen molar-refractivity contribution in [2.45, 2.75) is 64.8 Å². The van der Waals surface area contributed by atoms with Crippen LogP contribution >= 0.6 is 0 Å². The molecule has 1 aromatic carbocycles. The van der Waals surface area contributed by atoms with Crippen molar-refractivity contribution in [1.29, 1.82) is 0 Å². The average molecular weight is 397 g/mol. The summed E-state index contributed by atoms with van der Waals surface area (Å²) in [5, 5.41) is 3.43. The minimum atomic E-state index is 0.330. The number of imidazole rings is 1. The highest BCUT2D eigenvalue weighted by molar-refractivity contribution is 5.77. The number of carbonyl (C=O) groups excluding carboxylic acids is 1. The second kappa shape index (κ2) is 8.86. The second-order valence-electron chi connectivity index (χ2n) is 9.37. The summed E-state index contributed by atoms with van der Waals surface area (Å²) in [7, 11) is 0. The van der Waals surface area contributed by atoms with Gasteiger partial charge < -0.3 is 14.8 Å². The van der Waals surface area contributed by atoms with Gasteiger partial charge in [-0.2, -0.15) is 0 Å². The molecule has 0 bridgehead atoms. The number of hydrogen-bond acceptors (Lipinski definition) is 3. The van der Waals surface area contributed by atoms with Crippen LogP contribution in [0.3, 0.4) is 0 Å². The summed E-state index contributed by atoms with van der Waals surface area (Å²) in [6.45, 7) is 10.6. The van der Waals surface area contributed by atoms with Crippen LogP contribution < -0.4 is 5.32 Å². The molecular weight excluding hydrogens is 360 g/mol. The molecule has 2 saturated heterocycles. The lowest BCUT2D eigenvalue weighted by molar-refractivity contribution is -0.133. The summed E-state index contributed by atoms with van der Waals surface area (Å²) in [6, 6.07) is 8.78. The molecular formula is C24H36N4O. The first kappa shape index (κ1) is 20.4. The third-order valence-corrected chi connectivity index (χ3v) is 6.96. The molecule has 2 aliphatic heterocycles. The zero-order valence-electron chi connectivity index (χ0n) is 18.2. The smallest absolute Gasteiger partial charge is 0.222 e. The average Bonchev–Trinajstić information content (AvgIpc) is 3.14. The Balaban J connectivity index is 1.48. The van der Waals surface area contributed by atoms with Gasteiger partial charge in [0.05, 0.1) is 11.0 Å². The number of carbonyl (C=O) groups is 1. The first-order valence-corrected chi connectivity index (χ1v) is 11.5. The maximum Gasteiger partial charge on any atom is 0.222 e. The molecule has 2 atom stereocenters. The zero-order valence-corrected chi connectivity index (χ0v) is 18.2. The van der Waals surface area contributed by atoms with E-state index in [1.54, 1.807) is 0 Å². The quantitative estimate of drug-likeness (QED) is 0.817. The van der Waals surface area contributed by atoms with Gasteiger partial charge in [0.25, 0.3) is 0 Å². The number of hydrogen-bond donors (Lipinski definition) is 1. The molecule has 1 amide bonds. The normalized spacial score (nSPS) is 22.3. The van der Waals surface area contributed by atoms with E-state index in [1.807, 2.05) is 0 Å². The van der Waals surface area contributed by atoms with Gasteiger partial charge in [0, 0.05) is 31.5 Å². The highest BCUT2D eigenvalue weighted by Gasteiger charge is 2.31. The van der Waals surface area contributed by atoms with Crippen LogP contribution in [-0.2, 0) is 4.79 Å². The van der Waals surface area contributed by atoms with Crippen LogP contribution in [0, 0.1) is 11.8 Å². The highest BCUT2D eigenvalue weighted by atomic mass is 16.2. The predicted molar refractivity (Wildman–Crippen MR) is 118 cm³/mol. The molecule has 158 valence electrons. The molecule has 3 heterocycles. The summed E-state index contributed by atoms with van der Waals surface area (Å²) >= 11 is 0. The number of aromatic nitrogens is 2. The lowest BCUT2D eigenvalue weighted by Crippen LogP contribution is -2.41. The molecule has 5 nitrogen and oxygen atoms in total. The molecule has 0 aliphatic carbocycles. The Labute approximate surface area is 174 Å². The van der Waals surface area contributed by atoms with Crippen molar-refractivity contribution in [3.05, 3.63) is 30.1 Å². The van der Waals surface area contributed by atoms with Crippen LogP contribution in [0.5, 0.6) is 0 Å². The Kier molecular flexibility index (Phi) is 6.23. The predicted octanol–water partition coefficient (Wildman–Crippen LogP) is 4.35. The van der Waals surface area contributed by atoms with E-state index in [0.717, 1.165) is 50.4 Å². The summed E-state index contributed by atoms with van der Waals surface area (Å²) in [5.41, 5.74) is 2.28. The van der Waals surface area contributed by atoms with E-state index in [-0.39, 0.29) is 0 Å². The molecule has 0 radical (unpaired) electrons. The van der Waals surface area contributed by atoms with Crippen molar-refractivity contribution in [2.75, 3.05) is 26.2 Å². The largest absolute Gasteiger partial charge is 0.342 e. The SMILES string of the molecule is CC(CC(=O)N1CCCC(c2nc3ccccc3n2C(C)C)C1)C1CCNCC1. The number of nitrogens with zero attached hydrogens (tertiary/aromatic N) is 3. The van der Waals surface area contributed by atoms with E-state index < -0.39 is 0 Å². The Bertz CT molecular complexity index is 837. The van der Waals surface area contributed by atoms with Crippen LogP contribution in [0.2, 0.25) is 0 Å². The van der Waals surface area contributed by atoms with Gasteiger partial charge in [-0.15, -0.1) is 0 Å². The van der Waals surface area contributed by atoms with E-state index in [0.29, 0.717) is 36.1 Å². The molecule has 2 unspecified atom stereocenters. The molecule has 1 aromatic heterocycles. The minimum absolute atomic E-state index is 0.330. The van der Waals surface area contributed by atoms with Gasteiger partial charge in [0.1, 0.15) is 5.82 Å². The van der Waals surface area contributed by atoms with Crippen molar-refractivity contribution >= 4 is 16.9 Å². The van der Waals surface area contributed by atoms with E-state index in [1.165, 1.54) is 18.4 Å². The van der Waals surface area contributed by atoms with Crippen LogP contribution in [-0.4, -0.2) is 46.5 Å². The maximum absolute atomic E-state index is 13.1. The fourth-order valence-electron chi connectivity index (χ4n) is 5.29. The Hall–Kier alpha value is -1.88. The molecule has 2 aromatic rings. The molecule has 1 N–H and O–H groups in total. The number of benzene rings is 1. The van der Waals surface area contributed by atoms with Gasteiger partial charge >= 0.3 is 0 Å². The molecule has 2 fully saturated rings. The third kappa shape index (κ3) is 4.35. The Morgan fingerprint density at radius 2 is 1.93 bits per heavy atom. The molecule has 0 spiro atoms. The molecule has 0 saturated carbocycles. The topological polar surface area (TPSA) is 50.2 Å². The summed E-state index contributed by atoms with van der Waals surface area (Å²) < 4.78 is 2.38. The summed E-state index contributed by atoms with van der Waals surface area (Å²) in [5.74, 6) is 2.99. The fraction of sp³-hybridized carbons (Fsp3) is 0.667. The first-order valence-electron chi connectivity index (χ1n) is 11.5. The number of fused-ring (bicyclic) bond motifs is 1. The molecule has 4 rings (SSSR count). The number of para-hydroxylation sites is 2. The fourth-order valence-corrected chi connectivity index (χ4v) is 5.29. The van der Waals surface area contributed by atoms with Gasteiger partial charge in [-0.3, -0.25) is 4.79 Å². The minimum Gasteiger partial charge on any atom is -0.342 e. The first-order chi connectivity index (χ1) is 14.0. The molecule has 29 heavy (non-hydrogen) atoms. The van der Waals surface area contributed by atoms with Gasteiger partial charge in [0.2, 0.25) is 5.91 Å². The second-order valence-corrected chi connectivity index (χ2v) is 9.37. The van der Waals surface area contributed by atoms with Crippen LogP contribution in [0.1, 0.15) is 70.7 Å². The Morgan fingerprint density at radius 1 is 1.17 bits per heavy atom. The number of likely N-dealkylation sites (tertiary alicyclic amines) is 1. The van der Waals surface area contributed by atoms with Crippen molar-refractivity contribution in [1.82, 2.24) is 19.8 Å². The van der Waals surface area contributed by atoms with E-state index >= 15 is 0 Å². The summed E-state index contributed by atoms with van der Waals surface area (Å²) in [4.78, 5) is 20.2. The lowest BCUT2D eigenvalue weighted by Gasteiger charge is -2.35. The van der Waals surface area contributed by atoms with Crippen molar-refractivity contribution < 1.29 is 4.79 Å². The van der Waals surface area contributed by atoms with Crippen LogP contribution in [0.4, 0.5) is 0 Å². The Morgan fingerprint density at radius 3 is 2.69 bits per heavy atom.